The van der Waals surface area contributed by atoms with Crippen LogP contribution in [-0.2, 0) is 0 Å². The van der Waals surface area contributed by atoms with Gasteiger partial charge in [-0.15, -0.1) is 11.3 Å². The van der Waals surface area contributed by atoms with E-state index >= 15 is 0 Å². The molecule has 0 radical (unpaired) electrons. The lowest BCUT2D eigenvalue weighted by molar-refractivity contribution is 0.0701. The minimum Gasteiger partial charge on any atom is -0.477 e. The molecule has 0 aromatic carbocycles. The molecule has 0 amide bonds. The Kier molecular flexibility index (Phi) is 3.92. The van der Waals surface area contributed by atoms with Crippen LogP contribution < -0.4 is 0 Å². The third-order valence-electron chi connectivity index (χ3n) is 2.78. The Morgan fingerprint density at radius 1 is 1.37 bits per heavy atom. The number of rotatable bonds is 4. The van der Waals surface area contributed by atoms with Crippen LogP contribution in [0.2, 0.25) is 0 Å². The highest BCUT2D eigenvalue weighted by Gasteiger charge is 2.23. The fourth-order valence-electron chi connectivity index (χ4n) is 1.94. The topological polar surface area (TPSA) is 66.3 Å². The van der Waals surface area contributed by atoms with Gasteiger partial charge in [0.2, 0.25) is 0 Å². The molecule has 0 bridgehead atoms. The van der Waals surface area contributed by atoms with E-state index < -0.39 is 5.97 Å². The van der Waals surface area contributed by atoms with Gasteiger partial charge in [-0.25, -0.2) is 9.78 Å². The van der Waals surface area contributed by atoms with Crippen LogP contribution in [0.4, 0.5) is 0 Å². The van der Waals surface area contributed by atoms with Crippen LogP contribution in [0, 0.1) is 6.92 Å². The van der Waals surface area contributed by atoms with Gasteiger partial charge in [-0.1, -0.05) is 0 Å². The summed E-state index contributed by atoms with van der Waals surface area (Å²) in [4.78, 5) is 21.8. The fraction of sp³-hybridized carbons (Fsp3) is 0.308. The average molecular weight is 277 g/mol. The zero-order valence-corrected chi connectivity index (χ0v) is 11.8. The van der Waals surface area contributed by atoms with Gasteiger partial charge < -0.3 is 5.11 Å². The van der Waals surface area contributed by atoms with Gasteiger partial charge in [0.15, 0.2) is 0 Å². The second-order valence-electron chi connectivity index (χ2n) is 4.42. The highest BCUT2D eigenvalue weighted by molar-refractivity contribution is 7.13. The summed E-state index contributed by atoms with van der Waals surface area (Å²) in [5.74, 6) is -0.923. The zero-order chi connectivity index (χ0) is 14.0. The molecule has 1 atom stereocenters. The molecule has 2 aromatic heterocycles. The summed E-state index contributed by atoms with van der Waals surface area (Å²) in [5, 5.41) is 9.90. The van der Waals surface area contributed by atoms with Gasteiger partial charge in [0.25, 0.3) is 0 Å². The molecular formula is C13H15N3O2S. The first-order chi connectivity index (χ1) is 9.00. The molecule has 100 valence electrons. The van der Waals surface area contributed by atoms with Gasteiger partial charge in [-0.05, 0) is 38.7 Å². The molecule has 0 fully saturated rings. The molecule has 0 saturated carbocycles. The number of thiazole rings is 1. The van der Waals surface area contributed by atoms with Crippen molar-refractivity contribution in [2.45, 2.75) is 13.0 Å². The summed E-state index contributed by atoms with van der Waals surface area (Å²) in [6, 6.07) is 3.78. The molecule has 1 N–H and O–H groups in total. The Morgan fingerprint density at radius 2 is 2.00 bits per heavy atom. The number of carbonyl (C=O) groups is 1. The van der Waals surface area contributed by atoms with Crippen LogP contribution >= 0.6 is 11.3 Å². The maximum absolute atomic E-state index is 11.1. The van der Waals surface area contributed by atoms with E-state index in [1.54, 1.807) is 19.3 Å². The summed E-state index contributed by atoms with van der Waals surface area (Å²) in [6.07, 6.45) is 3.45. The first-order valence-corrected chi connectivity index (χ1v) is 6.59. The molecule has 0 aliphatic rings. The highest BCUT2D eigenvalue weighted by atomic mass is 32.1. The summed E-state index contributed by atoms with van der Waals surface area (Å²) < 4.78 is 0. The number of aromatic nitrogens is 2. The molecule has 6 heteroatoms. The molecule has 0 saturated heterocycles. The van der Waals surface area contributed by atoms with E-state index in [9.17, 15) is 4.79 Å². The van der Waals surface area contributed by atoms with Gasteiger partial charge in [-0.2, -0.15) is 0 Å². The lowest BCUT2D eigenvalue weighted by atomic mass is 10.1. The third kappa shape index (κ3) is 2.80. The number of hydrogen-bond donors (Lipinski definition) is 1. The van der Waals surface area contributed by atoms with E-state index in [4.69, 9.17) is 5.11 Å². The summed E-state index contributed by atoms with van der Waals surface area (Å²) in [5.41, 5.74) is 1.61. The van der Waals surface area contributed by atoms with Crippen molar-refractivity contribution in [3.63, 3.8) is 0 Å². The molecule has 2 heterocycles. The maximum Gasteiger partial charge on any atom is 0.347 e. The van der Waals surface area contributed by atoms with E-state index in [2.05, 4.69) is 9.97 Å². The number of hydrogen-bond acceptors (Lipinski definition) is 5. The van der Waals surface area contributed by atoms with Crippen molar-refractivity contribution in [2.24, 2.45) is 0 Å². The van der Waals surface area contributed by atoms with E-state index in [0.717, 1.165) is 10.6 Å². The lowest BCUT2D eigenvalue weighted by Crippen LogP contribution is -2.21. The molecule has 5 nitrogen and oxygen atoms in total. The second kappa shape index (κ2) is 5.46. The second-order valence-corrected chi connectivity index (χ2v) is 5.45. The van der Waals surface area contributed by atoms with Crippen LogP contribution in [0.5, 0.6) is 0 Å². The van der Waals surface area contributed by atoms with Gasteiger partial charge in [0.1, 0.15) is 9.88 Å². The summed E-state index contributed by atoms with van der Waals surface area (Å²) in [6.45, 7) is 1.72. The van der Waals surface area contributed by atoms with E-state index in [1.807, 2.05) is 31.1 Å². The standard InChI is InChI=1S/C13H15N3O2S/c1-8-11(13(17)18)19-12(15-8)10(16(2)3)9-4-6-14-7-5-9/h4-7,10H,1-3H3,(H,17,18). The van der Waals surface area contributed by atoms with E-state index in [1.165, 1.54) is 11.3 Å². The molecule has 1 unspecified atom stereocenters. The van der Waals surface area contributed by atoms with Crippen molar-refractivity contribution in [3.8, 4) is 0 Å². The minimum atomic E-state index is -0.923. The van der Waals surface area contributed by atoms with E-state index in [-0.39, 0.29) is 6.04 Å². The number of carboxylic acid groups (broad SMARTS) is 1. The molecule has 19 heavy (non-hydrogen) atoms. The summed E-state index contributed by atoms with van der Waals surface area (Å²) >= 11 is 1.23. The van der Waals surface area contributed by atoms with E-state index in [0.29, 0.717) is 10.6 Å². The van der Waals surface area contributed by atoms with Crippen molar-refractivity contribution in [2.75, 3.05) is 14.1 Å². The maximum atomic E-state index is 11.1. The number of pyridine rings is 1. The predicted octanol–water partition coefficient (Wildman–Crippen LogP) is 2.20. The van der Waals surface area contributed by atoms with Gasteiger partial charge in [-0.3, -0.25) is 9.88 Å². The molecule has 0 aliphatic heterocycles. The first-order valence-electron chi connectivity index (χ1n) is 5.77. The highest BCUT2D eigenvalue weighted by Crippen LogP contribution is 2.31. The molecular weight excluding hydrogens is 262 g/mol. The summed E-state index contributed by atoms with van der Waals surface area (Å²) in [7, 11) is 3.89. The molecule has 0 aliphatic carbocycles. The van der Waals surface area contributed by atoms with Crippen molar-refractivity contribution in [1.82, 2.24) is 14.9 Å². The Labute approximate surface area is 115 Å². The number of carboxylic acids is 1. The molecule has 0 spiro atoms. The van der Waals surface area contributed by atoms with Crippen LogP contribution in [0.1, 0.15) is 32.0 Å². The van der Waals surface area contributed by atoms with Crippen LogP contribution in [-0.4, -0.2) is 40.0 Å². The Hall–Kier alpha value is -1.79. The number of aryl methyl sites for hydroxylation is 1. The Morgan fingerprint density at radius 3 is 2.47 bits per heavy atom. The molecule has 2 rings (SSSR count). The SMILES string of the molecule is Cc1nc(C(c2ccncc2)N(C)C)sc1C(=O)O. The van der Waals surface area contributed by atoms with Gasteiger partial charge in [0, 0.05) is 12.4 Å². The Balaban J connectivity index is 2.46. The van der Waals surface area contributed by atoms with Gasteiger partial charge >= 0.3 is 5.97 Å². The zero-order valence-electron chi connectivity index (χ0n) is 11.0. The fourth-order valence-corrected chi connectivity index (χ4v) is 3.07. The van der Waals surface area contributed by atoms with Gasteiger partial charge in [0.05, 0.1) is 11.7 Å². The lowest BCUT2D eigenvalue weighted by Gasteiger charge is -2.22. The number of aromatic carboxylic acids is 1. The smallest absolute Gasteiger partial charge is 0.347 e. The monoisotopic (exact) mass is 277 g/mol. The third-order valence-corrected chi connectivity index (χ3v) is 3.98. The van der Waals surface area contributed by atoms with Crippen LogP contribution in [0.25, 0.3) is 0 Å². The van der Waals surface area contributed by atoms with Crippen LogP contribution in [0.3, 0.4) is 0 Å². The average Bonchev–Trinajstić information content (AvgIpc) is 2.72. The van der Waals surface area contributed by atoms with Crippen molar-refractivity contribution in [3.05, 3.63) is 45.7 Å². The predicted molar refractivity (Wildman–Crippen MR) is 73.6 cm³/mol. The Bertz CT molecular complexity index is 581. The molecule has 2 aromatic rings. The number of nitrogens with zero attached hydrogens (tertiary/aromatic N) is 3. The largest absolute Gasteiger partial charge is 0.477 e. The van der Waals surface area contributed by atoms with Crippen LogP contribution in [0.15, 0.2) is 24.5 Å². The quantitative estimate of drug-likeness (QED) is 0.928. The van der Waals surface area contributed by atoms with Crippen molar-refractivity contribution in [1.29, 1.82) is 0 Å². The van der Waals surface area contributed by atoms with Crippen molar-refractivity contribution < 1.29 is 9.90 Å². The first kappa shape index (κ1) is 13.6. The minimum absolute atomic E-state index is 0.0557. The normalized spacial score (nSPS) is 12.6. The van der Waals surface area contributed by atoms with Crippen molar-refractivity contribution >= 4 is 17.3 Å².